The largest absolute Gasteiger partial charge is 0.407 e. The van der Waals surface area contributed by atoms with Crippen LogP contribution in [0.4, 0.5) is 18.9 Å². The summed E-state index contributed by atoms with van der Waals surface area (Å²) in [5.41, 5.74) is 1.84. The average Bonchev–Trinajstić information content (AvgIpc) is 3.52. The molecule has 3 aromatic rings. The zero-order valence-electron chi connectivity index (χ0n) is 17.0. The summed E-state index contributed by atoms with van der Waals surface area (Å²) in [5, 5.41) is 11.0. The number of halogens is 4. The molecule has 33 heavy (non-hydrogen) atoms. The number of pyridine rings is 1. The molecule has 1 aliphatic carbocycles. The number of alkyl halides is 3. The van der Waals surface area contributed by atoms with Crippen molar-refractivity contribution in [3.8, 4) is 5.82 Å². The molecule has 5 rings (SSSR count). The van der Waals surface area contributed by atoms with Crippen molar-refractivity contribution in [1.82, 2.24) is 20.0 Å². The minimum absolute atomic E-state index is 0.0412. The molecule has 164 valence electrons. The number of nitrogens with zero attached hydrogens (tertiary/aromatic N) is 5. The second kappa shape index (κ2) is 8.04. The van der Waals surface area contributed by atoms with E-state index in [1.54, 1.807) is 12.1 Å². The van der Waals surface area contributed by atoms with E-state index in [-0.39, 0.29) is 16.3 Å². The van der Waals surface area contributed by atoms with Crippen LogP contribution in [0.2, 0.25) is 5.02 Å². The molecule has 1 aliphatic heterocycles. The Kier molecular flexibility index (Phi) is 5.17. The van der Waals surface area contributed by atoms with E-state index < -0.39 is 18.5 Å². The van der Waals surface area contributed by atoms with Crippen molar-refractivity contribution in [1.29, 1.82) is 0 Å². The summed E-state index contributed by atoms with van der Waals surface area (Å²) in [5.74, 6) is 0.293. The van der Waals surface area contributed by atoms with Gasteiger partial charge in [-0.15, -0.1) is 4.80 Å². The summed E-state index contributed by atoms with van der Waals surface area (Å²) in [6, 6.07) is 6.88. The van der Waals surface area contributed by atoms with Crippen LogP contribution in [0.5, 0.6) is 0 Å². The predicted molar refractivity (Wildman–Crippen MR) is 123 cm³/mol. The standard InChI is InChI=1S/C22H15BClF3N6/c1-13(32-15-10-19(24)21(28-11-15)33-30-8-9-31-33)17-12-29-23(20(17)22(25,26)27)18-7-3-5-14-4-2-6-16(14)18/h2-3,5-12,32H,1,4H2. The predicted octanol–water partition coefficient (Wildman–Crippen LogP) is 4.19. The van der Waals surface area contributed by atoms with Gasteiger partial charge in [-0.2, -0.15) is 23.4 Å². The molecule has 2 aromatic heterocycles. The van der Waals surface area contributed by atoms with Gasteiger partial charge in [-0.05, 0) is 29.1 Å². The highest BCUT2D eigenvalue weighted by atomic mass is 35.5. The molecule has 0 amide bonds. The number of benzene rings is 1. The van der Waals surface area contributed by atoms with Crippen LogP contribution in [0.15, 0.2) is 77.2 Å². The molecule has 0 bridgehead atoms. The van der Waals surface area contributed by atoms with Crippen molar-refractivity contribution in [2.75, 3.05) is 5.32 Å². The number of anilines is 1. The van der Waals surface area contributed by atoms with E-state index >= 15 is 0 Å². The van der Waals surface area contributed by atoms with Gasteiger partial charge in [0.2, 0.25) is 0 Å². The maximum atomic E-state index is 14.2. The van der Waals surface area contributed by atoms with Gasteiger partial charge in [0.15, 0.2) is 5.82 Å². The number of aromatic nitrogens is 4. The third-order valence-corrected chi connectivity index (χ3v) is 5.70. The molecule has 0 atom stereocenters. The smallest absolute Gasteiger partial charge is 0.354 e. The first-order valence-electron chi connectivity index (χ1n) is 9.94. The highest BCUT2D eigenvalue weighted by Crippen LogP contribution is 2.36. The Morgan fingerprint density at radius 1 is 1.21 bits per heavy atom. The molecule has 3 heterocycles. The first kappa shape index (κ1) is 21.2. The van der Waals surface area contributed by atoms with Crippen LogP contribution < -0.4 is 10.8 Å². The molecule has 0 radical (unpaired) electrons. The third-order valence-electron chi connectivity index (χ3n) is 5.42. The van der Waals surface area contributed by atoms with Gasteiger partial charge in [-0.25, -0.2) is 4.98 Å². The first-order chi connectivity index (χ1) is 15.8. The monoisotopic (exact) mass is 466 g/mol. The van der Waals surface area contributed by atoms with Crippen LogP contribution >= 0.6 is 11.6 Å². The maximum absolute atomic E-state index is 14.2. The van der Waals surface area contributed by atoms with Crippen LogP contribution in [0.3, 0.4) is 0 Å². The van der Waals surface area contributed by atoms with Crippen LogP contribution in [-0.2, 0) is 6.42 Å². The SMILES string of the molecule is C=C(Nc1cnc(-n2nccn2)c(Cl)c1)C1=C(C(F)(F)F)B(c2cccc3c2C=CC3)N=C1. The van der Waals surface area contributed by atoms with Gasteiger partial charge < -0.3 is 10.2 Å². The van der Waals surface area contributed by atoms with Crippen molar-refractivity contribution in [2.45, 2.75) is 12.6 Å². The molecule has 0 saturated carbocycles. The van der Waals surface area contributed by atoms with E-state index in [0.717, 1.165) is 11.1 Å². The average molecular weight is 467 g/mol. The number of allylic oxidation sites excluding steroid dienone is 3. The van der Waals surface area contributed by atoms with E-state index in [1.165, 1.54) is 35.7 Å². The molecule has 0 spiro atoms. The van der Waals surface area contributed by atoms with Crippen LogP contribution in [-0.4, -0.2) is 39.2 Å². The van der Waals surface area contributed by atoms with Gasteiger partial charge in [-0.3, -0.25) is 0 Å². The molecule has 1 N–H and O–H groups in total. The summed E-state index contributed by atoms with van der Waals surface area (Å²) in [4.78, 5) is 9.66. The molecule has 2 aliphatic rings. The van der Waals surface area contributed by atoms with Gasteiger partial charge in [0, 0.05) is 23.0 Å². The Hall–Kier alpha value is -3.66. The Bertz CT molecular complexity index is 1340. The lowest BCUT2D eigenvalue weighted by Gasteiger charge is -2.18. The van der Waals surface area contributed by atoms with Gasteiger partial charge >= 0.3 is 13.0 Å². The topological polar surface area (TPSA) is 68.0 Å². The molecule has 0 fully saturated rings. The molecule has 11 heteroatoms. The van der Waals surface area contributed by atoms with Crippen LogP contribution in [0.25, 0.3) is 11.9 Å². The minimum Gasteiger partial charge on any atom is -0.354 e. The lowest BCUT2D eigenvalue weighted by molar-refractivity contribution is -0.0854. The summed E-state index contributed by atoms with van der Waals surface area (Å²) in [7, 11) is 0. The highest BCUT2D eigenvalue weighted by molar-refractivity contribution is 6.82. The van der Waals surface area contributed by atoms with Crippen molar-refractivity contribution in [3.63, 3.8) is 0 Å². The quantitative estimate of drug-likeness (QED) is 0.573. The fourth-order valence-electron chi connectivity index (χ4n) is 3.99. The summed E-state index contributed by atoms with van der Waals surface area (Å²) in [6.07, 6.45) is 5.48. The highest BCUT2D eigenvalue weighted by Gasteiger charge is 2.47. The van der Waals surface area contributed by atoms with Gasteiger partial charge in [0.25, 0.3) is 0 Å². The fraction of sp³-hybridized carbons (Fsp3) is 0.0909. The minimum atomic E-state index is -4.60. The van der Waals surface area contributed by atoms with E-state index in [4.69, 9.17) is 11.6 Å². The number of hydrogen-bond donors (Lipinski definition) is 1. The Morgan fingerprint density at radius 3 is 2.73 bits per heavy atom. The fourth-order valence-corrected chi connectivity index (χ4v) is 4.24. The van der Waals surface area contributed by atoms with Crippen molar-refractivity contribution >= 4 is 41.9 Å². The summed E-state index contributed by atoms with van der Waals surface area (Å²) in [6.45, 7) is 2.66. The zero-order valence-corrected chi connectivity index (χ0v) is 17.8. The van der Waals surface area contributed by atoms with Crippen LogP contribution in [0, 0.1) is 0 Å². The molecule has 6 nitrogen and oxygen atoms in total. The van der Waals surface area contributed by atoms with Gasteiger partial charge in [-0.1, -0.05) is 48.5 Å². The van der Waals surface area contributed by atoms with E-state index in [1.807, 2.05) is 18.2 Å². The summed E-state index contributed by atoms with van der Waals surface area (Å²) >= 11 is 6.26. The number of fused-ring (bicyclic) bond motifs is 1. The molecule has 0 saturated heterocycles. The Labute approximate surface area is 192 Å². The van der Waals surface area contributed by atoms with Crippen molar-refractivity contribution in [3.05, 3.63) is 88.4 Å². The second-order valence-electron chi connectivity index (χ2n) is 7.48. The molecular weight excluding hydrogens is 452 g/mol. The zero-order chi connectivity index (χ0) is 23.2. The van der Waals surface area contributed by atoms with E-state index in [2.05, 4.69) is 32.0 Å². The Morgan fingerprint density at radius 2 is 2.00 bits per heavy atom. The number of hydrogen-bond acceptors (Lipinski definition) is 5. The van der Waals surface area contributed by atoms with Crippen LogP contribution in [0.1, 0.15) is 11.1 Å². The normalized spacial score (nSPS) is 14.8. The van der Waals surface area contributed by atoms with E-state index in [0.29, 0.717) is 23.4 Å². The molecule has 1 aromatic carbocycles. The molecular formula is C22H15BClF3N6. The molecule has 0 unspecified atom stereocenters. The maximum Gasteiger partial charge on any atom is 0.407 e. The van der Waals surface area contributed by atoms with E-state index in [9.17, 15) is 13.2 Å². The van der Waals surface area contributed by atoms with Gasteiger partial charge in [0.1, 0.15) is 0 Å². The number of nitrogens with one attached hydrogen (secondary N) is 1. The van der Waals surface area contributed by atoms with Crippen molar-refractivity contribution in [2.24, 2.45) is 4.90 Å². The van der Waals surface area contributed by atoms with Crippen molar-refractivity contribution < 1.29 is 13.2 Å². The first-order valence-corrected chi connectivity index (χ1v) is 10.3. The Balaban J connectivity index is 1.47. The lowest BCUT2D eigenvalue weighted by Crippen LogP contribution is -2.38. The summed E-state index contributed by atoms with van der Waals surface area (Å²) < 4.78 is 42.6. The van der Waals surface area contributed by atoms with Gasteiger partial charge in [0.05, 0.1) is 29.3 Å². The number of rotatable bonds is 5. The second-order valence-corrected chi connectivity index (χ2v) is 7.89. The third kappa shape index (κ3) is 3.86. The lowest BCUT2D eigenvalue weighted by atomic mass is 9.49.